The average Bonchev–Trinajstić information content (AvgIpc) is 2.43. The molecule has 0 N–H and O–H groups in total. The van der Waals surface area contributed by atoms with E-state index >= 15 is 0 Å². The average molecular weight is 140 g/mol. The summed E-state index contributed by atoms with van der Waals surface area (Å²) < 4.78 is 10.3. The Hall–Kier alpha value is -0.760. The molecule has 0 fully saturated rings. The van der Waals surface area contributed by atoms with Gasteiger partial charge in [0, 0.05) is 7.11 Å². The molecule has 10 heavy (non-hydrogen) atoms. The number of ether oxygens (including phenoxy) is 1. The van der Waals surface area contributed by atoms with Crippen molar-refractivity contribution in [2.45, 2.75) is 19.4 Å². The minimum Gasteiger partial charge on any atom is -0.467 e. The van der Waals surface area contributed by atoms with Gasteiger partial charge in [-0.15, -0.1) is 0 Å². The number of hydrogen-bond donors (Lipinski definition) is 0. The Balaban J connectivity index is 2.64. The van der Waals surface area contributed by atoms with Crippen molar-refractivity contribution >= 4 is 0 Å². The van der Waals surface area contributed by atoms with Crippen LogP contribution in [-0.4, -0.2) is 7.11 Å². The summed E-state index contributed by atoms with van der Waals surface area (Å²) in [6.07, 6.45) is 2.73. The van der Waals surface area contributed by atoms with Crippen LogP contribution >= 0.6 is 0 Å². The van der Waals surface area contributed by atoms with Crippen molar-refractivity contribution in [1.29, 1.82) is 0 Å². The fourth-order valence-electron chi connectivity index (χ4n) is 0.958. The predicted octanol–water partition coefficient (Wildman–Crippen LogP) is 2.38. The summed E-state index contributed by atoms with van der Waals surface area (Å²) >= 11 is 0. The van der Waals surface area contributed by atoms with Gasteiger partial charge in [-0.25, -0.2) is 0 Å². The van der Waals surface area contributed by atoms with Crippen LogP contribution in [0.3, 0.4) is 0 Å². The molecule has 1 unspecified atom stereocenters. The Kier molecular flexibility index (Phi) is 2.51. The molecule has 0 saturated heterocycles. The zero-order valence-electron chi connectivity index (χ0n) is 6.33. The van der Waals surface area contributed by atoms with Crippen molar-refractivity contribution in [3.8, 4) is 0 Å². The molecule has 0 radical (unpaired) electrons. The molecular weight excluding hydrogens is 128 g/mol. The highest BCUT2D eigenvalue weighted by atomic mass is 16.5. The van der Waals surface area contributed by atoms with Crippen LogP contribution in [0.15, 0.2) is 22.8 Å². The molecule has 1 atom stereocenters. The first kappa shape index (κ1) is 7.35. The molecule has 2 heteroatoms. The summed E-state index contributed by atoms with van der Waals surface area (Å²) in [5.41, 5.74) is 0. The standard InChI is InChI=1S/C8H12O2/c1-3-7(9-2)8-5-4-6-10-8/h4-7H,3H2,1-2H3. The number of hydrogen-bond acceptors (Lipinski definition) is 2. The summed E-state index contributed by atoms with van der Waals surface area (Å²) in [5.74, 6) is 0.907. The van der Waals surface area contributed by atoms with Crippen LogP contribution in [-0.2, 0) is 4.74 Å². The highest BCUT2D eigenvalue weighted by Gasteiger charge is 2.08. The van der Waals surface area contributed by atoms with E-state index in [1.165, 1.54) is 0 Å². The van der Waals surface area contributed by atoms with E-state index in [2.05, 4.69) is 6.92 Å². The Bertz CT molecular complexity index is 163. The number of furan rings is 1. The lowest BCUT2D eigenvalue weighted by atomic mass is 10.2. The van der Waals surface area contributed by atoms with Crippen LogP contribution in [0, 0.1) is 0 Å². The Morgan fingerprint density at radius 3 is 2.90 bits per heavy atom. The molecule has 0 amide bonds. The smallest absolute Gasteiger partial charge is 0.132 e. The highest BCUT2D eigenvalue weighted by molar-refractivity contribution is 5.01. The van der Waals surface area contributed by atoms with E-state index in [1.54, 1.807) is 13.4 Å². The molecule has 0 aliphatic rings. The second-order valence-corrected chi connectivity index (χ2v) is 2.15. The minimum absolute atomic E-state index is 0.120. The third-order valence-corrected chi connectivity index (χ3v) is 1.52. The van der Waals surface area contributed by atoms with E-state index < -0.39 is 0 Å². The lowest BCUT2D eigenvalue weighted by Gasteiger charge is -2.08. The van der Waals surface area contributed by atoms with Gasteiger partial charge in [-0.2, -0.15) is 0 Å². The third kappa shape index (κ3) is 1.39. The van der Waals surface area contributed by atoms with E-state index in [1.807, 2.05) is 12.1 Å². The zero-order valence-corrected chi connectivity index (χ0v) is 6.33. The maximum atomic E-state index is 5.15. The van der Waals surface area contributed by atoms with Crippen LogP contribution in [0.25, 0.3) is 0 Å². The van der Waals surface area contributed by atoms with Crippen LogP contribution in [0.1, 0.15) is 25.2 Å². The summed E-state index contributed by atoms with van der Waals surface area (Å²) in [5, 5.41) is 0. The third-order valence-electron chi connectivity index (χ3n) is 1.52. The molecule has 2 nitrogen and oxygen atoms in total. The fraction of sp³-hybridized carbons (Fsp3) is 0.500. The van der Waals surface area contributed by atoms with Gasteiger partial charge in [-0.05, 0) is 18.6 Å². The molecular formula is C8H12O2. The van der Waals surface area contributed by atoms with Crippen LogP contribution < -0.4 is 0 Å². The molecule has 0 aromatic carbocycles. The van der Waals surface area contributed by atoms with Crippen molar-refractivity contribution in [2.75, 3.05) is 7.11 Å². The maximum absolute atomic E-state index is 5.15. The molecule has 0 aliphatic heterocycles. The normalized spacial score (nSPS) is 13.4. The zero-order chi connectivity index (χ0) is 7.40. The first-order valence-electron chi connectivity index (χ1n) is 3.44. The van der Waals surface area contributed by atoms with Crippen LogP contribution in [0.5, 0.6) is 0 Å². The lowest BCUT2D eigenvalue weighted by molar-refractivity contribution is 0.0808. The Labute approximate surface area is 60.8 Å². The largest absolute Gasteiger partial charge is 0.467 e. The van der Waals surface area contributed by atoms with Gasteiger partial charge in [0.2, 0.25) is 0 Å². The molecule has 0 aliphatic carbocycles. The summed E-state index contributed by atoms with van der Waals surface area (Å²) in [6.45, 7) is 2.07. The SMILES string of the molecule is CCC(OC)c1ccco1. The van der Waals surface area contributed by atoms with E-state index in [0.29, 0.717) is 0 Å². The van der Waals surface area contributed by atoms with E-state index in [-0.39, 0.29) is 6.10 Å². The van der Waals surface area contributed by atoms with E-state index in [0.717, 1.165) is 12.2 Å². The van der Waals surface area contributed by atoms with Gasteiger partial charge in [0.25, 0.3) is 0 Å². The first-order chi connectivity index (χ1) is 4.88. The van der Waals surface area contributed by atoms with Gasteiger partial charge in [-0.3, -0.25) is 0 Å². The predicted molar refractivity (Wildman–Crippen MR) is 38.7 cm³/mol. The minimum atomic E-state index is 0.120. The topological polar surface area (TPSA) is 22.4 Å². The number of methoxy groups -OCH3 is 1. The van der Waals surface area contributed by atoms with E-state index in [4.69, 9.17) is 9.15 Å². The molecule has 0 bridgehead atoms. The van der Waals surface area contributed by atoms with E-state index in [9.17, 15) is 0 Å². The molecule has 1 rings (SSSR count). The second-order valence-electron chi connectivity index (χ2n) is 2.15. The van der Waals surface area contributed by atoms with Crippen LogP contribution in [0.4, 0.5) is 0 Å². The summed E-state index contributed by atoms with van der Waals surface area (Å²) in [7, 11) is 1.69. The molecule has 0 spiro atoms. The fourth-order valence-corrected chi connectivity index (χ4v) is 0.958. The van der Waals surface area contributed by atoms with Gasteiger partial charge in [0.05, 0.1) is 6.26 Å². The monoisotopic (exact) mass is 140 g/mol. The summed E-state index contributed by atoms with van der Waals surface area (Å²) in [4.78, 5) is 0. The molecule has 0 saturated carbocycles. The van der Waals surface area contributed by atoms with Gasteiger partial charge in [0.1, 0.15) is 11.9 Å². The number of rotatable bonds is 3. The van der Waals surface area contributed by atoms with Gasteiger partial charge in [0.15, 0.2) is 0 Å². The van der Waals surface area contributed by atoms with Crippen molar-refractivity contribution in [1.82, 2.24) is 0 Å². The Morgan fingerprint density at radius 2 is 2.50 bits per heavy atom. The van der Waals surface area contributed by atoms with Crippen molar-refractivity contribution in [3.63, 3.8) is 0 Å². The van der Waals surface area contributed by atoms with Gasteiger partial charge >= 0.3 is 0 Å². The quantitative estimate of drug-likeness (QED) is 0.643. The highest BCUT2D eigenvalue weighted by Crippen LogP contribution is 2.19. The van der Waals surface area contributed by atoms with Crippen molar-refractivity contribution in [2.24, 2.45) is 0 Å². The second kappa shape index (κ2) is 3.42. The molecule has 1 aromatic heterocycles. The molecule has 1 heterocycles. The van der Waals surface area contributed by atoms with Crippen molar-refractivity contribution < 1.29 is 9.15 Å². The first-order valence-corrected chi connectivity index (χ1v) is 3.44. The van der Waals surface area contributed by atoms with Crippen LogP contribution in [0.2, 0.25) is 0 Å². The summed E-state index contributed by atoms with van der Waals surface area (Å²) in [6, 6.07) is 3.80. The van der Waals surface area contributed by atoms with Gasteiger partial charge < -0.3 is 9.15 Å². The maximum Gasteiger partial charge on any atom is 0.132 e. The van der Waals surface area contributed by atoms with Gasteiger partial charge in [-0.1, -0.05) is 6.92 Å². The van der Waals surface area contributed by atoms with Crippen molar-refractivity contribution in [3.05, 3.63) is 24.2 Å². The molecule has 56 valence electrons. The Morgan fingerprint density at radius 1 is 1.70 bits per heavy atom. The lowest BCUT2D eigenvalue weighted by Crippen LogP contribution is -1.96. The molecule has 1 aromatic rings.